The molecule has 1 aliphatic heterocycles. The Morgan fingerprint density at radius 1 is 1.36 bits per heavy atom. The van der Waals surface area contributed by atoms with Crippen LogP contribution in [-0.4, -0.2) is 63.5 Å². The standard InChI is InChI=1S/C14H16N6O5/c21-13(15-7-12-9-24-5-6-25-12)8-19-17-14(16-18-19)10-1-3-11(4-2-10)20(22)23/h1-4,12H,5-9H2,(H,15,21). The second kappa shape index (κ2) is 7.77. The first-order chi connectivity index (χ1) is 12.1. The van der Waals surface area contributed by atoms with Gasteiger partial charge in [0.1, 0.15) is 6.54 Å². The van der Waals surface area contributed by atoms with Crippen LogP contribution < -0.4 is 5.32 Å². The van der Waals surface area contributed by atoms with E-state index >= 15 is 0 Å². The summed E-state index contributed by atoms with van der Waals surface area (Å²) in [7, 11) is 0. The third kappa shape index (κ3) is 4.55. The second-order valence-corrected chi connectivity index (χ2v) is 5.32. The molecule has 0 saturated carbocycles. The summed E-state index contributed by atoms with van der Waals surface area (Å²) in [5.41, 5.74) is 0.550. The van der Waals surface area contributed by atoms with Gasteiger partial charge in [-0.25, -0.2) is 0 Å². The lowest BCUT2D eigenvalue weighted by Crippen LogP contribution is -2.40. The Bertz CT molecular complexity index is 740. The predicted molar refractivity (Wildman–Crippen MR) is 83.5 cm³/mol. The van der Waals surface area contributed by atoms with Crippen LogP contribution in [0.3, 0.4) is 0 Å². The predicted octanol–water partition coefficient (Wildman–Crippen LogP) is -0.220. The van der Waals surface area contributed by atoms with Crippen LogP contribution in [0.15, 0.2) is 24.3 Å². The molecule has 0 radical (unpaired) electrons. The number of hydrogen-bond donors (Lipinski definition) is 1. The molecule has 1 aromatic heterocycles. The van der Waals surface area contributed by atoms with E-state index in [1.807, 2.05) is 0 Å². The number of nitrogens with zero attached hydrogens (tertiary/aromatic N) is 5. The fraction of sp³-hybridized carbons (Fsp3) is 0.429. The Morgan fingerprint density at radius 2 is 2.16 bits per heavy atom. The maximum Gasteiger partial charge on any atom is 0.269 e. The first-order valence-electron chi connectivity index (χ1n) is 7.60. The molecular formula is C14H16N6O5. The number of non-ortho nitro benzene ring substituents is 1. The van der Waals surface area contributed by atoms with Gasteiger partial charge in [0.25, 0.3) is 5.69 Å². The molecule has 1 atom stereocenters. The molecule has 0 aliphatic carbocycles. The molecule has 11 heteroatoms. The largest absolute Gasteiger partial charge is 0.376 e. The molecule has 1 aromatic carbocycles. The van der Waals surface area contributed by atoms with Crippen molar-refractivity contribution < 1.29 is 19.2 Å². The molecule has 2 aromatic rings. The zero-order chi connectivity index (χ0) is 17.6. The highest BCUT2D eigenvalue weighted by atomic mass is 16.6. The quantitative estimate of drug-likeness (QED) is 0.559. The van der Waals surface area contributed by atoms with Gasteiger partial charge in [0.05, 0.1) is 30.8 Å². The van der Waals surface area contributed by atoms with Crippen LogP contribution >= 0.6 is 0 Å². The van der Waals surface area contributed by atoms with Gasteiger partial charge in [-0.1, -0.05) is 0 Å². The molecule has 1 fully saturated rings. The minimum atomic E-state index is -0.487. The third-order valence-electron chi connectivity index (χ3n) is 3.49. The van der Waals surface area contributed by atoms with Crippen LogP contribution in [-0.2, 0) is 20.8 Å². The average Bonchev–Trinajstić information content (AvgIpc) is 3.09. The van der Waals surface area contributed by atoms with E-state index in [2.05, 4.69) is 20.7 Å². The van der Waals surface area contributed by atoms with Crippen molar-refractivity contribution in [2.24, 2.45) is 0 Å². The topological polar surface area (TPSA) is 134 Å². The maximum absolute atomic E-state index is 11.9. The summed E-state index contributed by atoms with van der Waals surface area (Å²) in [6.07, 6.45) is -0.155. The lowest BCUT2D eigenvalue weighted by Gasteiger charge is -2.22. The van der Waals surface area contributed by atoms with E-state index in [1.54, 1.807) is 0 Å². The van der Waals surface area contributed by atoms with E-state index in [0.717, 1.165) is 4.80 Å². The lowest BCUT2D eigenvalue weighted by atomic mass is 10.2. The number of benzene rings is 1. The zero-order valence-electron chi connectivity index (χ0n) is 13.2. The summed E-state index contributed by atoms with van der Waals surface area (Å²) in [4.78, 5) is 23.2. The Labute approximate surface area is 142 Å². The number of aromatic nitrogens is 4. The first kappa shape index (κ1) is 16.9. The minimum Gasteiger partial charge on any atom is -0.376 e. The maximum atomic E-state index is 11.9. The summed E-state index contributed by atoms with van der Waals surface area (Å²) in [6, 6.07) is 5.77. The van der Waals surface area contributed by atoms with E-state index < -0.39 is 4.92 Å². The number of nitro groups is 1. The van der Waals surface area contributed by atoms with Crippen LogP contribution in [0.25, 0.3) is 11.4 Å². The van der Waals surface area contributed by atoms with Crippen molar-refractivity contribution in [1.29, 1.82) is 0 Å². The van der Waals surface area contributed by atoms with Crippen molar-refractivity contribution in [1.82, 2.24) is 25.5 Å². The van der Waals surface area contributed by atoms with E-state index in [4.69, 9.17) is 9.47 Å². The molecule has 25 heavy (non-hydrogen) atoms. The van der Waals surface area contributed by atoms with E-state index in [0.29, 0.717) is 31.9 Å². The summed E-state index contributed by atoms with van der Waals surface area (Å²) >= 11 is 0. The Morgan fingerprint density at radius 3 is 2.84 bits per heavy atom. The highest BCUT2D eigenvalue weighted by molar-refractivity contribution is 5.75. The van der Waals surface area contributed by atoms with Crippen LogP contribution in [0.1, 0.15) is 0 Å². The third-order valence-corrected chi connectivity index (χ3v) is 3.49. The number of hydrogen-bond acceptors (Lipinski definition) is 8. The van der Waals surface area contributed by atoms with Gasteiger partial charge in [-0.3, -0.25) is 14.9 Å². The number of rotatable bonds is 6. The molecule has 0 spiro atoms. The zero-order valence-corrected chi connectivity index (χ0v) is 13.2. The molecule has 1 unspecified atom stereocenters. The number of ether oxygens (including phenoxy) is 2. The van der Waals surface area contributed by atoms with Gasteiger partial charge in [-0.2, -0.15) is 4.80 Å². The number of amides is 1. The van der Waals surface area contributed by atoms with Gasteiger partial charge in [0, 0.05) is 24.2 Å². The lowest BCUT2D eigenvalue weighted by molar-refractivity contribution is -0.384. The van der Waals surface area contributed by atoms with Crippen LogP contribution in [0.4, 0.5) is 5.69 Å². The minimum absolute atomic E-state index is 0.0237. The Balaban J connectivity index is 1.53. The van der Waals surface area contributed by atoms with Gasteiger partial charge < -0.3 is 14.8 Å². The van der Waals surface area contributed by atoms with Crippen molar-refractivity contribution in [3.8, 4) is 11.4 Å². The Hall–Kier alpha value is -2.92. The number of carbonyl (C=O) groups excluding carboxylic acids is 1. The molecule has 3 rings (SSSR count). The van der Waals surface area contributed by atoms with Gasteiger partial charge in [-0.15, -0.1) is 10.2 Å². The van der Waals surface area contributed by atoms with Crippen LogP contribution in [0.5, 0.6) is 0 Å². The Kier molecular flexibility index (Phi) is 5.26. The molecule has 132 valence electrons. The number of carbonyl (C=O) groups is 1. The van der Waals surface area contributed by atoms with Crippen LogP contribution in [0.2, 0.25) is 0 Å². The fourth-order valence-corrected chi connectivity index (χ4v) is 2.22. The van der Waals surface area contributed by atoms with Crippen molar-refractivity contribution in [3.63, 3.8) is 0 Å². The highest BCUT2D eigenvalue weighted by Gasteiger charge is 2.16. The fourth-order valence-electron chi connectivity index (χ4n) is 2.22. The van der Waals surface area contributed by atoms with Gasteiger partial charge in [0.15, 0.2) is 0 Å². The summed E-state index contributed by atoms with van der Waals surface area (Å²) in [6.45, 7) is 1.80. The van der Waals surface area contributed by atoms with E-state index in [-0.39, 0.29) is 30.1 Å². The highest BCUT2D eigenvalue weighted by Crippen LogP contribution is 2.18. The molecule has 11 nitrogen and oxygen atoms in total. The molecule has 1 amide bonds. The normalized spacial score (nSPS) is 17.2. The summed E-state index contributed by atoms with van der Waals surface area (Å²) in [5.74, 6) is 0.00790. The van der Waals surface area contributed by atoms with Gasteiger partial charge in [0.2, 0.25) is 11.7 Å². The van der Waals surface area contributed by atoms with Crippen LogP contribution in [0, 0.1) is 10.1 Å². The SMILES string of the molecule is O=C(Cn1nnc(-c2ccc([N+](=O)[O-])cc2)n1)NCC1COCCO1. The monoisotopic (exact) mass is 348 g/mol. The summed E-state index contributed by atoms with van der Waals surface area (Å²) < 4.78 is 10.7. The summed E-state index contributed by atoms with van der Waals surface area (Å²) in [5, 5.41) is 25.1. The van der Waals surface area contributed by atoms with Crippen molar-refractivity contribution >= 4 is 11.6 Å². The van der Waals surface area contributed by atoms with Gasteiger partial charge in [-0.05, 0) is 17.3 Å². The molecule has 2 heterocycles. The van der Waals surface area contributed by atoms with Crippen molar-refractivity contribution in [3.05, 3.63) is 34.4 Å². The van der Waals surface area contributed by atoms with Crippen molar-refractivity contribution in [2.45, 2.75) is 12.6 Å². The van der Waals surface area contributed by atoms with E-state index in [9.17, 15) is 14.9 Å². The molecular weight excluding hydrogens is 332 g/mol. The van der Waals surface area contributed by atoms with Gasteiger partial charge >= 0.3 is 0 Å². The second-order valence-electron chi connectivity index (χ2n) is 5.32. The smallest absolute Gasteiger partial charge is 0.269 e. The van der Waals surface area contributed by atoms with Crippen molar-refractivity contribution in [2.75, 3.05) is 26.4 Å². The molecule has 1 saturated heterocycles. The molecule has 1 aliphatic rings. The number of nitro benzene ring substituents is 1. The molecule has 0 bridgehead atoms. The van der Waals surface area contributed by atoms with E-state index in [1.165, 1.54) is 24.3 Å². The number of nitrogens with one attached hydrogen (secondary N) is 1. The molecule has 1 N–H and O–H groups in total. The first-order valence-corrected chi connectivity index (χ1v) is 7.60. The number of tetrazole rings is 1. The average molecular weight is 348 g/mol.